The van der Waals surface area contributed by atoms with E-state index >= 15 is 0 Å². The summed E-state index contributed by atoms with van der Waals surface area (Å²) < 4.78 is 20.1. The Morgan fingerprint density at radius 3 is 2.73 bits per heavy atom. The van der Waals surface area contributed by atoms with Gasteiger partial charge in [0.15, 0.2) is 6.61 Å². The second kappa shape index (κ2) is 8.37. The number of amides is 1. The zero-order chi connectivity index (χ0) is 21.3. The van der Waals surface area contributed by atoms with Crippen LogP contribution in [-0.4, -0.2) is 28.3 Å². The lowest BCUT2D eigenvalue weighted by atomic mass is 10.3. The van der Waals surface area contributed by atoms with Crippen molar-refractivity contribution in [3.8, 4) is 5.69 Å². The SMILES string of the molecule is Cc1nn(-c2ccc(F)cc2)c2sc(C(=O)OCC(=O)NC(C)c3cccs3)cc12. The summed E-state index contributed by atoms with van der Waals surface area (Å²) in [4.78, 5) is 26.7. The molecular formula is C21H18FN3O3S2. The molecule has 6 nitrogen and oxygen atoms in total. The van der Waals surface area contributed by atoms with E-state index in [1.165, 1.54) is 23.5 Å². The Hall–Kier alpha value is -3.04. The number of esters is 1. The minimum absolute atomic E-state index is 0.148. The zero-order valence-corrected chi connectivity index (χ0v) is 17.8. The number of nitrogens with one attached hydrogen (secondary N) is 1. The number of aromatic nitrogens is 2. The highest BCUT2D eigenvalue weighted by molar-refractivity contribution is 7.20. The van der Waals surface area contributed by atoms with Gasteiger partial charge in [0, 0.05) is 10.3 Å². The van der Waals surface area contributed by atoms with Gasteiger partial charge in [-0.1, -0.05) is 6.07 Å². The van der Waals surface area contributed by atoms with E-state index in [-0.39, 0.29) is 24.4 Å². The van der Waals surface area contributed by atoms with Crippen LogP contribution < -0.4 is 5.32 Å². The van der Waals surface area contributed by atoms with E-state index in [0.717, 1.165) is 20.8 Å². The fourth-order valence-corrected chi connectivity index (χ4v) is 4.81. The fraction of sp³-hybridized carbons (Fsp3) is 0.190. The molecule has 0 saturated carbocycles. The highest BCUT2D eigenvalue weighted by Gasteiger charge is 2.19. The molecule has 0 bridgehead atoms. The predicted molar refractivity (Wildman–Crippen MR) is 115 cm³/mol. The van der Waals surface area contributed by atoms with E-state index in [1.807, 2.05) is 31.4 Å². The lowest BCUT2D eigenvalue weighted by Gasteiger charge is -2.12. The molecule has 0 fully saturated rings. The standard InChI is InChI=1S/C21H18FN3O3S2/c1-12-16-10-18(30-20(16)25(24-12)15-7-5-14(22)6-8-15)21(27)28-11-19(26)23-13(2)17-4-3-9-29-17/h3-10,13H,11H2,1-2H3,(H,23,26). The molecule has 0 spiro atoms. The summed E-state index contributed by atoms with van der Waals surface area (Å²) in [5.74, 6) is -1.26. The third kappa shape index (κ3) is 4.12. The molecule has 1 aromatic carbocycles. The van der Waals surface area contributed by atoms with Crippen molar-refractivity contribution in [2.24, 2.45) is 0 Å². The van der Waals surface area contributed by atoms with Gasteiger partial charge in [-0.15, -0.1) is 22.7 Å². The summed E-state index contributed by atoms with van der Waals surface area (Å²) in [6.07, 6.45) is 0. The largest absolute Gasteiger partial charge is 0.451 e. The fourth-order valence-electron chi connectivity index (χ4n) is 3.00. The number of aryl methyl sites for hydroxylation is 1. The summed E-state index contributed by atoms with van der Waals surface area (Å²) in [5, 5.41) is 10.0. The van der Waals surface area contributed by atoms with Crippen LogP contribution in [0, 0.1) is 12.7 Å². The lowest BCUT2D eigenvalue weighted by molar-refractivity contribution is -0.124. The highest BCUT2D eigenvalue weighted by Crippen LogP contribution is 2.31. The Kier molecular flexibility index (Phi) is 5.65. The Labute approximate surface area is 179 Å². The van der Waals surface area contributed by atoms with Gasteiger partial charge >= 0.3 is 5.97 Å². The highest BCUT2D eigenvalue weighted by atomic mass is 32.1. The van der Waals surface area contributed by atoms with Gasteiger partial charge in [0.05, 0.1) is 17.4 Å². The first-order chi connectivity index (χ1) is 14.4. The van der Waals surface area contributed by atoms with Crippen molar-refractivity contribution in [2.75, 3.05) is 6.61 Å². The third-order valence-electron chi connectivity index (χ3n) is 4.50. The molecular weight excluding hydrogens is 425 g/mol. The van der Waals surface area contributed by atoms with Crippen LogP contribution in [0.3, 0.4) is 0 Å². The molecule has 3 aromatic heterocycles. The average Bonchev–Trinajstić information content (AvgIpc) is 3.45. The van der Waals surface area contributed by atoms with Crippen molar-refractivity contribution in [2.45, 2.75) is 19.9 Å². The summed E-state index contributed by atoms with van der Waals surface area (Å²) in [6, 6.07) is 11.4. The maximum Gasteiger partial charge on any atom is 0.348 e. The molecule has 0 aliphatic rings. The molecule has 9 heteroatoms. The number of ether oxygens (including phenoxy) is 1. The normalized spacial score (nSPS) is 12.1. The zero-order valence-electron chi connectivity index (χ0n) is 16.2. The van der Waals surface area contributed by atoms with Gasteiger partial charge in [-0.3, -0.25) is 4.79 Å². The van der Waals surface area contributed by atoms with Crippen LogP contribution in [-0.2, 0) is 9.53 Å². The van der Waals surface area contributed by atoms with Gasteiger partial charge < -0.3 is 10.1 Å². The smallest absolute Gasteiger partial charge is 0.348 e. The monoisotopic (exact) mass is 443 g/mol. The summed E-state index contributed by atoms with van der Waals surface area (Å²) >= 11 is 2.77. The predicted octanol–water partition coefficient (Wildman–Crippen LogP) is 4.63. The number of rotatable bonds is 6. The molecule has 0 aliphatic carbocycles. The van der Waals surface area contributed by atoms with Crippen LogP contribution in [0.5, 0.6) is 0 Å². The van der Waals surface area contributed by atoms with Crippen molar-refractivity contribution < 1.29 is 18.7 Å². The van der Waals surface area contributed by atoms with E-state index < -0.39 is 5.97 Å². The molecule has 0 radical (unpaired) electrons. The van der Waals surface area contributed by atoms with E-state index in [9.17, 15) is 14.0 Å². The van der Waals surface area contributed by atoms with Crippen molar-refractivity contribution in [3.63, 3.8) is 0 Å². The number of carbonyl (C=O) groups is 2. The summed E-state index contributed by atoms with van der Waals surface area (Å²) in [5.41, 5.74) is 1.44. The number of hydrogen-bond donors (Lipinski definition) is 1. The maximum atomic E-state index is 13.2. The lowest BCUT2D eigenvalue weighted by Crippen LogP contribution is -2.30. The topological polar surface area (TPSA) is 73.2 Å². The van der Waals surface area contributed by atoms with Gasteiger partial charge in [-0.2, -0.15) is 5.10 Å². The third-order valence-corrected chi connectivity index (χ3v) is 6.64. The number of halogens is 1. The minimum atomic E-state index is -0.569. The van der Waals surface area contributed by atoms with Crippen LogP contribution in [0.25, 0.3) is 15.9 Å². The number of benzene rings is 1. The molecule has 154 valence electrons. The molecule has 0 aliphatic heterocycles. The van der Waals surface area contributed by atoms with Crippen molar-refractivity contribution in [1.29, 1.82) is 0 Å². The molecule has 3 heterocycles. The van der Waals surface area contributed by atoms with Crippen LogP contribution in [0.15, 0.2) is 47.8 Å². The van der Waals surface area contributed by atoms with Crippen molar-refractivity contribution in [1.82, 2.24) is 15.1 Å². The molecule has 1 N–H and O–H groups in total. The number of thiophene rings is 2. The van der Waals surface area contributed by atoms with Crippen LogP contribution in [0.1, 0.15) is 33.2 Å². The molecule has 4 aromatic rings. The molecule has 30 heavy (non-hydrogen) atoms. The van der Waals surface area contributed by atoms with Crippen LogP contribution >= 0.6 is 22.7 Å². The van der Waals surface area contributed by atoms with Gasteiger partial charge in [-0.25, -0.2) is 13.9 Å². The second-order valence-corrected chi connectivity index (χ2v) is 8.69. The molecule has 0 saturated heterocycles. The van der Waals surface area contributed by atoms with Gasteiger partial charge in [-0.05, 0) is 55.6 Å². The number of nitrogens with zero attached hydrogens (tertiary/aromatic N) is 2. The first-order valence-corrected chi connectivity index (χ1v) is 10.9. The minimum Gasteiger partial charge on any atom is -0.451 e. The number of fused-ring (bicyclic) bond motifs is 1. The molecule has 1 amide bonds. The molecule has 1 atom stereocenters. The summed E-state index contributed by atoms with van der Waals surface area (Å²) in [6.45, 7) is 3.36. The van der Waals surface area contributed by atoms with E-state index in [1.54, 1.807) is 34.2 Å². The Morgan fingerprint density at radius 2 is 2.03 bits per heavy atom. The van der Waals surface area contributed by atoms with Gasteiger partial charge in [0.1, 0.15) is 15.5 Å². The number of carbonyl (C=O) groups excluding carboxylic acids is 2. The van der Waals surface area contributed by atoms with E-state index in [0.29, 0.717) is 10.6 Å². The second-order valence-electron chi connectivity index (χ2n) is 6.68. The summed E-state index contributed by atoms with van der Waals surface area (Å²) in [7, 11) is 0. The van der Waals surface area contributed by atoms with Gasteiger partial charge in [0.25, 0.3) is 5.91 Å². The molecule has 1 unspecified atom stereocenters. The Balaban J connectivity index is 1.45. The Morgan fingerprint density at radius 1 is 1.27 bits per heavy atom. The van der Waals surface area contributed by atoms with E-state index in [2.05, 4.69) is 10.4 Å². The van der Waals surface area contributed by atoms with Crippen molar-refractivity contribution >= 4 is 44.8 Å². The first kappa shape index (κ1) is 20.2. The maximum absolute atomic E-state index is 13.2. The van der Waals surface area contributed by atoms with Crippen LogP contribution in [0.2, 0.25) is 0 Å². The van der Waals surface area contributed by atoms with Gasteiger partial charge in [0.2, 0.25) is 0 Å². The quantitative estimate of drug-likeness (QED) is 0.441. The van der Waals surface area contributed by atoms with E-state index in [4.69, 9.17) is 4.74 Å². The number of hydrogen-bond acceptors (Lipinski definition) is 6. The van der Waals surface area contributed by atoms with Crippen LogP contribution in [0.4, 0.5) is 4.39 Å². The first-order valence-electron chi connectivity index (χ1n) is 9.17. The van der Waals surface area contributed by atoms with Crippen molar-refractivity contribution in [3.05, 3.63) is 69.1 Å². The average molecular weight is 444 g/mol. The Bertz CT molecular complexity index is 1200. The molecule has 4 rings (SSSR count).